The zero-order valence-electron chi connectivity index (χ0n) is 35.5. The van der Waals surface area contributed by atoms with E-state index < -0.39 is 0 Å². The maximum Gasteiger partial charge on any atom is 0.252 e. The molecule has 58 heavy (non-hydrogen) atoms. The van der Waals surface area contributed by atoms with Gasteiger partial charge in [-0.3, -0.25) is 0 Å². The van der Waals surface area contributed by atoms with Crippen molar-refractivity contribution in [2.75, 3.05) is 14.7 Å². The van der Waals surface area contributed by atoms with E-state index in [4.69, 9.17) is 0 Å². The van der Waals surface area contributed by atoms with Crippen molar-refractivity contribution in [3.63, 3.8) is 0 Å². The van der Waals surface area contributed by atoms with Gasteiger partial charge in [0.1, 0.15) is 0 Å². The zero-order valence-corrected chi connectivity index (χ0v) is 35.5. The molecule has 3 nitrogen and oxygen atoms in total. The van der Waals surface area contributed by atoms with E-state index in [9.17, 15) is 0 Å². The molecular weight excluding hydrogens is 701 g/mol. The molecule has 0 fully saturated rings. The minimum absolute atomic E-state index is 0.0461. The lowest BCUT2D eigenvalue weighted by atomic mass is 9.33. The van der Waals surface area contributed by atoms with Crippen LogP contribution in [-0.4, -0.2) is 6.71 Å². The maximum atomic E-state index is 2.53. The third kappa shape index (κ3) is 6.49. The number of nitrogens with zero attached hydrogens (tertiary/aromatic N) is 3. The standard InChI is InChI=1S/C54H54BN3/c1-52(2,3)37-24-28-42(29-25-37)56(43-30-26-38(27-31-43)53(4,5)6)44-32-33-46-48(36-44)58(41-20-14-11-15-21-41)50-35-39(54(7,8)9)34-49-51(50)55(46)45-22-16-17-23-47(45)57(49)40-18-12-10-13-19-40/h10-36H,1-9H3. The van der Waals surface area contributed by atoms with Crippen molar-refractivity contribution in [2.45, 2.75) is 78.6 Å². The Hall–Kier alpha value is -6.00. The van der Waals surface area contributed by atoms with Gasteiger partial charge in [0.2, 0.25) is 0 Å². The van der Waals surface area contributed by atoms with Gasteiger partial charge in [-0.25, -0.2) is 0 Å². The van der Waals surface area contributed by atoms with Gasteiger partial charge in [-0.2, -0.15) is 0 Å². The van der Waals surface area contributed by atoms with Crippen LogP contribution in [0.1, 0.15) is 79.0 Å². The summed E-state index contributed by atoms with van der Waals surface area (Å²) in [6.07, 6.45) is 0. The summed E-state index contributed by atoms with van der Waals surface area (Å²) in [5.41, 5.74) is 18.6. The number of anilines is 9. The highest BCUT2D eigenvalue weighted by Gasteiger charge is 2.44. The largest absolute Gasteiger partial charge is 0.311 e. The first-order valence-electron chi connectivity index (χ1n) is 20.8. The third-order valence-corrected chi connectivity index (χ3v) is 12.1. The first-order valence-corrected chi connectivity index (χ1v) is 20.8. The summed E-state index contributed by atoms with van der Waals surface area (Å²) < 4.78 is 0. The molecule has 0 spiro atoms. The molecule has 7 aromatic rings. The second-order valence-electron chi connectivity index (χ2n) is 19.2. The van der Waals surface area contributed by atoms with Crippen molar-refractivity contribution in [1.29, 1.82) is 0 Å². The highest BCUT2D eigenvalue weighted by molar-refractivity contribution is 7.00. The molecule has 0 saturated heterocycles. The van der Waals surface area contributed by atoms with Gasteiger partial charge in [-0.1, -0.05) is 147 Å². The van der Waals surface area contributed by atoms with Gasteiger partial charge >= 0.3 is 0 Å². The van der Waals surface area contributed by atoms with E-state index in [1.165, 1.54) is 61.5 Å². The minimum Gasteiger partial charge on any atom is -0.311 e. The van der Waals surface area contributed by atoms with Gasteiger partial charge in [0.05, 0.1) is 0 Å². The quantitative estimate of drug-likeness (QED) is 0.162. The van der Waals surface area contributed by atoms with Crippen LogP contribution in [-0.2, 0) is 16.2 Å². The Bertz CT molecular complexity index is 2550. The first kappa shape index (κ1) is 37.6. The molecule has 0 bridgehead atoms. The molecule has 0 atom stereocenters. The molecule has 0 amide bonds. The molecule has 2 heterocycles. The second kappa shape index (κ2) is 13.8. The maximum absolute atomic E-state index is 2.53. The molecule has 0 aromatic heterocycles. The molecular formula is C54H54BN3. The van der Waals surface area contributed by atoms with E-state index in [1.807, 2.05) is 0 Å². The van der Waals surface area contributed by atoms with E-state index in [0.717, 1.165) is 22.7 Å². The van der Waals surface area contributed by atoms with Crippen LogP contribution in [0.3, 0.4) is 0 Å². The highest BCUT2D eigenvalue weighted by atomic mass is 15.2. The van der Waals surface area contributed by atoms with Crippen molar-refractivity contribution in [2.24, 2.45) is 0 Å². The topological polar surface area (TPSA) is 9.72 Å². The Labute approximate surface area is 346 Å². The third-order valence-electron chi connectivity index (χ3n) is 12.1. The van der Waals surface area contributed by atoms with Crippen molar-refractivity contribution < 1.29 is 0 Å². The number of benzene rings is 7. The summed E-state index contributed by atoms with van der Waals surface area (Å²) in [7, 11) is 0. The molecule has 0 aliphatic carbocycles. The lowest BCUT2D eigenvalue weighted by Crippen LogP contribution is -2.61. The molecule has 2 aliphatic heterocycles. The molecule has 0 radical (unpaired) electrons. The lowest BCUT2D eigenvalue weighted by Gasteiger charge is -2.45. The predicted octanol–water partition coefficient (Wildman–Crippen LogP) is 13.1. The molecule has 0 saturated carbocycles. The Morgan fingerprint density at radius 3 is 1.26 bits per heavy atom. The van der Waals surface area contributed by atoms with Gasteiger partial charge in [-0.15, -0.1) is 0 Å². The Balaban J connectivity index is 1.32. The number of hydrogen-bond acceptors (Lipinski definition) is 3. The molecule has 7 aromatic carbocycles. The fourth-order valence-corrected chi connectivity index (χ4v) is 8.88. The van der Waals surface area contributed by atoms with E-state index in [0.29, 0.717) is 0 Å². The van der Waals surface area contributed by atoms with Crippen LogP contribution >= 0.6 is 0 Å². The average Bonchev–Trinajstić information content (AvgIpc) is 3.20. The van der Waals surface area contributed by atoms with E-state index in [-0.39, 0.29) is 23.0 Å². The van der Waals surface area contributed by atoms with Crippen LogP contribution in [0.15, 0.2) is 164 Å². The normalized spacial score (nSPS) is 13.5. The summed E-state index contributed by atoms with van der Waals surface area (Å²) >= 11 is 0. The molecule has 288 valence electrons. The second-order valence-corrected chi connectivity index (χ2v) is 19.2. The monoisotopic (exact) mass is 755 g/mol. The summed E-state index contributed by atoms with van der Waals surface area (Å²) in [5, 5.41) is 0. The smallest absolute Gasteiger partial charge is 0.252 e. The Morgan fingerprint density at radius 2 is 0.776 bits per heavy atom. The highest BCUT2D eigenvalue weighted by Crippen LogP contribution is 2.47. The van der Waals surface area contributed by atoms with Crippen LogP contribution in [0.25, 0.3) is 0 Å². The predicted molar refractivity (Wildman–Crippen MR) is 251 cm³/mol. The van der Waals surface area contributed by atoms with E-state index >= 15 is 0 Å². The number of rotatable bonds is 5. The molecule has 4 heteroatoms. The van der Waals surface area contributed by atoms with Gasteiger partial charge < -0.3 is 14.7 Å². The Morgan fingerprint density at radius 1 is 0.362 bits per heavy atom. The summed E-state index contributed by atoms with van der Waals surface area (Å²) in [4.78, 5) is 7.46. The molecule has 0 unspecified atom stereocenters. The van der Waals surface area contributed by atoms with Crippen molar-refractivity contribution >= 4 is 74.3 Å². The lowest BCUT2D eigenvalue weighted by molar-refractivity contribution is 0.590. The number of para-hydroxylation sites is 3. The van der Waals surface area contributed by atoms with Crippen LogP contribution in [0.2, 0.25) is 0 Å². The van der Waals surface area contributed by atoms with Crippen molar-refractivity contribution in [3.05, 3.63) is 180 Å². The average molecular weight is 756 g/mol. The van der Waals surface area contributed by atoms with E-state index in [2.05, 4.69) is 241 Å². The zero-order chi connectivity index (χ0) is 40.6. The fourth-order valence-electron chi connectivity index (χ4n) is 8.88. The summed E-state index contributed by atoms with van der Waals surface area (Å²) in [6, 6.07) is 61.3. The summed E-state index contributed by atoms with van der Waals surface area (Å²) in [6.45, 7) is 20.7. The summed E-state index contributed by atoms with van der Waals surface area (Å²) in [5.74, 6) is 0. The minimum atomic E-state index is -0.0833. The molecule has 0 N–H and O–H groups in total. The SMILES string of the molecule is CC(C)(C)c1ccc(N(c2ccc(C(C)(C)C)cc2)c2ccc3c(c2)N(c2ccccc2)c2cc(C(C)(C)C)cc4c2B3c2ccccc2N4c2ccccc2)cc1. The van der Waals surface area contributed by atoms with Gasteiger partial charge in [-0.05, 0) is 128 Å². The Kier molecular flexibility index (Phi) is 8.96. The molecule has 9 rings (SSSR count). The van der Waals surface area contributed by atoms with Crippen molar-refractivity contribution in [1.82, 2.24) is 0 Å². The van der Waals surface area contributed by atoms with Crippen LogP contribution in [0.4, 0.5) is 51.2 Å². The number of fused-ring (bicyclic) bond motifs is 4. The first-order chi connectivity index (χ1) is 27.7. The van der Waals surface area contributed by atoms with Gasteiger partial charge in [0.25, 0.3) is 6.71 Å². The van der Waals surface area contributed by atoms with Crippen LogP contribution in [0, 0.1) is 0 Å². The molecule has 2 aliphatic rings. The number of hydrogen-bond donors (Lipinski definition) is 0. The van der Waals surface area contributed by atoms with Gasteiger partial charge in [0, 0.05) is 51.2 Å². The van der Waals surface area contributed by atoms with E-state index in [1.54, 1.807) is 0 Å². The van der Waals surface area contributed by atoms with Crippen LogP contribution < -0.4 is 31.1 Å². The van der Waals surface area contributed by atoms with Crippen molar-refractivity contribution in [3.8, 4) is 0 Å². The fraction of sp³-hybridized carbons (Fsp3) is 0.222. The van der Waals surface area contributed by atoms with Gasteiger partial charge in [0.15, 0.2) is 0 Å². The van der Waals surface area contributed by atoms with Crippen LogP contribution in [0.5, 0.6) is 0 Å².